The van der Waals surface area contributed by atoms with Crippen molar-refractivity contribution in [3.05, 3.63) is 58.7 Å². The number of benzene rings is 2. The van der Waals surface area contributed by atoms with E-state index in [9.17, 15) is 14.7 Å². The van der Waals surface area contributed by atoms with Crippen LogP contribution in [0.4, 0.5) is 10.6 Å². The van der Waals surface area contributed by atoms with Crippen LogP contribution < -0.4 is 9.64 Å². The van der Waals surface area contributed by atoms with Crippen molar-refractivity contribution in [3.8, 4) is 27.4 Å². The third kappa shape index (κ3) is 5.43. The maximum atomic E-state index is 13.2. The lowest BCUT2D eigenvalue weighted by Crippen LogP contribution is -2.38. The highest BCUT2D eigenvalue weighted by molar-refractivity contribution is 7.22. The molecule has 2 aromatic heterocycles. The number of aryl methyl sites for hydroxylation is 1. The van der Waals surface area contributed by atoms with E-state index in [1.165, 1.54) is 11.3 Å². The number of urea groups is 1. The topological polar surface area (TPSA) is 95.9 Å². The molecule has 10 heteroatoms. The number of carboxylic acid groups (broad SMARTS) is 1. The molecule has 4 aromatic rings. The van der Waals surface area contributed by atoms with E-state index < -0.39 is 11.6 Å². The second-order valence-electron chi connectivity index (χ2n) is 12.0. The third-order valence-electron chi connectivity index (χ3n) is 7.73. The van der Waals surface area contributed by atoms with E-state index in [0.717, 1.165) is 63.3 Å². The summed E-state index contributed by atoms with van der Waals surface area (Å²) in [7, 11) is 0. The van der Waals surface area contributed by atoms with Gasteiger partial charge in [0.1, 0.15) is 22.2 Å². The molecule has 1 atom stereocenters. The summed E-state index contributed by atoms with van der Waals surface area (Å²) in [6.45, 7) is 9.24. The van der Waals surface area contributed by atoms with Crippen molar-refractivity contribution in [3.63, 3.8) is 0 Å². The molecule has 1 N–H and O–H groups in total. The summed E-state index contributed by atoms with van der Waals surface area (Å²) in [6.07, 6.45) is 4.78. The van der Waals surface area contributed by atoms with Crippen molar-refractivity contribution < 1.29 is 19.4 Å². The van der Waals surface area contributed by atoms with Gasteiger partial charge in [0, 0.05) is 41.0 Å². The van der Waals surface area contributed by atoms with E-state index in [2.05, 4.69) is 4.98 Å². The van der Waals surface area contributed by atoms with Crippen molar-refractivity contribution >= 4 is 51.0 Å². The zero-order chi connectivity index (χ0) is 29.8. The molecule has 0 bridgehead atoms. The average Bonchev–Trinajstić information content (AvgIpc) is 3.50. The van der Waals surface area contributed by atoms with Gasteiger partial charge in [-0.3, -0.25) is 9.69 Å². The summed E-state index contributed by atoms with van der Waals surface area (Å²) in [5.41, 5.74) is 4.22. The highest BCUT2D eigenvalue weighted by atomic mass is 35.5. The van der Waals surface area contributed by atoms with Crippen molar-refractivity contribution in [2.24, 2.45) is 0 Å². The summed E-state index contributed by atoms with van der Waals surface area (Å²) in [5.74, 6) is 0.285. The fourth-order valence-electron chi connectivity index (χ4n) is 5.92. The molecule has 2 saturated heterocycles. The zero-order valence-corrected chi connectivity index (χ0v) is 25.7. The summed E-state index contributed by atoms with van der Waals surface area (Å²) in [5, 5.41) is 11.1. The number of carboxylic acids is 1. The van der Waals surface area contributed by atoms with Crippen LogP contribution in [0.2, 0.25) is 5.02 Å². The number of halogens is 1. The highest BCUT2D eigenvalue weighted by Gasteiger charge is 2.39. The molecule has 0 radical (unpaired) electrons. The molecule has 2 aliphatic heterocycles. The first kappa shape index (κ1) is 28.4. The number of nitrogens with zero attached hydrogens (tertiary/aromatic N) is 4. The second-order valence-corrected chi connectivity index (χ2v) is 13.4. The van der Waals surface area contributed by atoms with Crippen molar-refractivity contribution in [1.29, 1.82) is 0 Å². The maximum absolute atomic E-state index is 13.2. The van der Waals surface area contributed by atoms with E-state index in [0.29, 0.717) is 28.7 Å². The van der Waals surface area contributed by atoms with Gasteiger partial charge in [0.15, 0.2) is 0 Å². The molecule has 2 aromatic carbocycles. The quantitative estimate of drug-likeness (QED) is 0.244. The molecule has 0 spiro atoms. The van der Waals surface area contributed by atoms with Gasteiger partial charge >= 0.3 is 12.0 Å². The summed E-state index contributed by atoms with van der Waals surface area (Å²) >= 11 is 7.88. The lowest BCUT2D eigenvalue weighted by Gasteiger charge is -2.27. The minimum Gasteiger partial charge on any atom is -0.487 e. The molecule has 6 rings (SSSR count). The Labute approximate surface area is 253 Å². The lowest BCUT2D eigenvalue weighted by atomic mass is 9.92. The molecule has 2 aliphatic rings. The molecular formula is C32H33ClN4O4S. The number of carbonyl (C=O) groups is 2. The van der Waals surface area contributed by atoms with Crippen LogP contribution >= 0.6 is 22.9 Å². The summed E-state index contributed by atoms with van der Waals surface area (Å²) < 4.78 is 7.20. The number of anilines is 1. The highest BCUT2D eigenvalue weighted by Crippen LogP contribution is 2.45. The van der Waals surface area contributed by atoms with E-state index in [1.54, 1.807) is 23.2 Å². The first-order chi connectivity index (χ1) is 20.0. The van der Waals surface area contributed by atoms with Gasteiger partial charge in [0.05, 0.1) is 22.7 Å². The van der Waals surface area contributed by atoms with Crippen LogP contribution in [0.1, 0.15) is 51.2 Å². The van der Waals surface area contributed by atoms with Gasteiger partial charge in [0.25, 0.3) is 0 Å². The van der Waals surface area contributed by atoms with Crippen LogP contribution in [-0.4, -0.2) is 56.7 Å². The van der Waals surface area contributed by atoms with Gasteiger partial charge < -0.3 is 14.7 Å². The average molecular weight is 605 g/mol. The van der Waals surface area contributed by atoms with E-state index in [4.69, 9.17) is 21.3 Å². The van der Waals surface area contributed by atoms with Crippen LogP contribution in [0, 0.1) is 6.92 Å². The lowest BCUT2D eigenvalue weighted by molar-refractivity contribution is -0.136. The Bertz CT molecular complexity index is 1710. The zero-order valence-electron chi connectivity index (χ0n) is 24.1. The number of amides is 2. The number of hydrogen-bond acceptors (Lipinski definition) is 6. The molecule has 8 nitrogen and oxygen atoms in total. The number of aliphatic carboxylic acids is 1. The molecule has 4 heterocycles. The van der Waals surface area contributed by atoms with E-state index >= 15 is 0 Å². The fraction of sp³-hybridized carbons (Fsp3) is 0.375. The summed E-state index contributed by atoms with van der Waals surface area (Å²) in [4.78, 5) is 38.5. The number of pyridine rings is 1. The monoisotopic (exact) mass is 604 g/mol. The minimum absolute atomic E-state index is 0.0130. The Morgan fingerprint density at radius 1 is 1.19 bits per heavy atom. The number of thiazole rings is 1. The van der Waals surface area contributed by atoms with Crippen LogP contribution in [0.15, 0.2) is 42.6 Å². The van der Waals surface area contributed by atoms with Crippen LogP contribution in [0.3, 0.4) is 0 Å². The van der Waals surface area contributed by atoms with Gasteiger partial charge in [-0.2, -0.15) is 0 Å². The number of fused-ring (bicyclic) bond motifs is 2. The van der Waals surface area contributed by atoms with Crippen LogP contribution in [0.5, 0.6) is 5.75 Å². The van der Waals surface area contributed by atoms with Crippen molar-refractivity contribution in [1.82, 2.24) is 14.9 Å². The molecule has 0 aliphatic carbocycles. The molecule has 2 fully saturated rings. The Hall–Kier alpha value is -3.69. The van der Waals surface area contributed by atoms with Crippen molar-refractivity contribution in [2.75, 3.05) is 18.0 Å². The molecular weight excluding hydrogens is 572 g/mol. The maximum Gasteiger partial charge on any atom is 0.326 e. The minimum atomic E-state index is -0.916. The van der Waals surface area contributed by atoms with Gasteiger partial charge in [0.2, 0.25) is 0 Å². The number of rotatable bonds is 6. The largest absolute Gasteiger partial charge is 0.487 e. The first-order valence-electron chi connectivity index (χ1n) is 14.2. The number of aromatic nitrogens is 2. The van der Waals surface area contributed by atoms with Gasteiger partial charge in [-0.15, -0.1) is 11.3 Å². The predicted octanol–water partition coefficient (Wildman–Crippen LogP) is 7.59. The number of piperidine rings is 1. The smallest absolute Gasteiger partial charge is 0.326 e. The Balaban J connectivity index is 1.48. The number of ether oxygens (including phenoxy) is 1. The van der Waals surface area contributed by atoms with Crippen LogP contribution in [0.25, 0.3) is 31.9 Å². The first-order valence-corrected chi connectivity index (χ1v) is 15.4. The fourth-order valence-corrected chi connectivity index (χ4v) is 7.20. The van der Waals surface area contributed by atoms with Gasteiger partial charge in [-0.05, 0) is 94.5 Å². The van der Waals surface area contributed by atoms with E-state index in [-0.39, 0.29) is 18.5 Å². The number of hydrogen-bond donors (Lipinski definition) is 1. The standard InChI is InChI=1S/C32H33ClN4O4S/c1-18-13-24-29(28(23(18)16-27(38)39)22-9-8-20(33)15-25(22)41-32(2,3)4)42-30(35-24)19-10-11-34-26(14-19)37-17-21-7-5-6-12-36(21)31(37)40/h8-11,13-15,21H,5-7,12,16-17H2,1-4H3,(H,38,39). The normalized spacial score (nSPS) is 17.2. The van der Waals surface area contributed by atoms with Crippen molar-refractivity contribution in [2.45, 2.75) is 65.0 Å². The third-order valence-corrected chi connectivity index (χ3v) is 9.11. The van der Waals surface area contributed by atoms with Crippen LogP contribution in [-0.2, 0) is 11.2 Å². The molecule has 2 amide bonds. The van der Waals surface area contributed by atoms with Gasteiger partial charge in [-0.1, -0.05) is 11.6 Å². The SMILES string of the molecule is Cc1cc2nc(-c3ccnc(N4CC5CCCCN5C4=O)c3)sc2c(-c2ccc(Cl)cc2OC(C)(C)C)c1CC(=O)O. The second kappa shape index (κ2) is 10.9. The predicted molar refractivity (Wildman–Crippen MR) is 167 cm³/mol. The Morgan fingerprint density at radius 3 is 2.74 bits per heavy atom. The molecule has 0 saturated carbocycles. The Kier molecular flexibility index (Phi) is 7.35. The number of carbonyl (C=O) groups excluding carboxylic acids is 1. The summed E-state index contributed by atoms with van der Waals surface area (Å²) in [6, 6.07) is 11.5. The Morgan fingerprint density at radius 2 is 2.00 bits per heavy atom. The molecule has 42 heavy (non-hydrogen) atoms. The van der Waals surface area contributed by atoms with E-state index in [1.807, 2.05) is 56.9 Å². The van der Waals surface area contributed by atoms with Gasteiger partial charge in [-0.25, -0.2) is 14.8 Å². The molecule has 218 valence electrons. The molecule has 1 unspecified atom stereocenters.